The molecule has 1 aliphatic rings. The van der Waals surface area contributed by atoms with Crippen molar-refractivity contribution in [3.63, 3.8) is 0 Å². The van der Waals surface area contributed by atoms with Crippen LogP contribution in [0.3, 0.4) is 0 Å². The smallest absolute Gasteiger partial charge is 0.235 e. The highest BCUT2D eigenvalue weighted by Crippen LogP contribution is 2.45. The molecule has 27 heavy (non-hydrogen) atoms. The Labute approximate surface area is 171 Å². The maximum absolute atomic E-state index is 13.2. The van der Waals surface area contributed by atoms with Crippen LogP contribution in [-0.2, 0) is 10.2 Å². The van der Waals surface area contributed by atoms with Crippen LogP contribution in [0.4, 0.5) is 5.69 Å². The number of hydrogen-bond donors (Lipinski definition) is 1. The summed E-state index contributed by atoms with van der Waals surface area (Å²) >= 11 is 12.5. The van der Waals surface area contributed by atoms with Crippen LogP contribution in [0.15, 0.2) is 42.5 Å². The Morgan fingerprint density at radius 2 is 1.81 bits per heavy atom. The van der Waals surface area contributed by atoms with Gasteiger partial charge in [-0.1, -0.05) is 49.0 Å². The van der Waals surface area contributed by atoms with E-state index in [1.165, 1.54) is 0 Å². The number of amides is 1. The van der Waals surface area contributed by atoms with Gasteiger partial charge in [0.2, 0.25) is 5.91 Å². The number of carbonyl (C=O) groups is 1. The third kappa shape index (κ3) is 4.41. The predicted molar refractivity (Wildman–Crippen MR) is 112 cm³/mol. The van der Waals surface area contributed by atoms with E-state index >= 15 is 0 Å². The summed E-state index contributed by atoms with van der Waals surface area (Å²) in [6.07, 6.45) is 4.70. The zero-order valence-corrected chi connectivity index (χ0v) is 17.2. The fourth-order valence-corrected chi connectivity index (χ4v) is 4.25. The summed E-state index contributed by atoms with van der Waals surface area (Å²) in [7, 11) is 0. The largest absolute Gasteiger partial charge is 0.491 e. The Balaban J connectivity index is 1.80. The van der Waals surface area contributed by atoms with Crippen molar-refractivity contribution in [1.82, 2.24) is 0 Å². The molecule has 1 atom stereocenters. The summed E-state index contributed by atoms with van der Waals surface area (Å²) in [5.41, 5.74) is 1.02. The Bertz CT molecular complexity index is 798. The van der Waals surface area contributed by atoms with Crippen molar-refractivity contribution in [3.05, 3.63) is 58.1 Å². The molecular formula is C22H25Cl2NO2. The minimum Gasteiger partial charge on any atom is -0.491 e. The molecule has 5 heteroatoms. The van der Waals surface area contributed by atoms with E-state index in [1.807, 2.05) is 37.3 Å². The summed E-state index contributed by atoms with van der Waals surface area (Å²) < 4.78 is 5.80. The molecule has 1 saturated carbocycles. The molecule has 3 nitrogen and oxygen atoms in total. The number of ether oxygens (including phenoxy) is 1. The topological polar surface area (TPSA) is 38.3 Å². The van der Waals surface area contributed by atoms with Crippen LogP contribution < -0.4 is 10.1 Å². The van der Waals surface area contributed by atoms with Gasteiger partial charge < -0.3 is 10.1 Å². The Morgan fingerprint density at radius 3 is 2.41 bits per heavy atom. The van der Waals surface area contributed by atoms with E-state index in [0.29, 0.717) is 10.0 Å². The van der Waals surface area contributed by atoms with Gasteiger partial charge in [0.15, 0.2) is 0 Å². The molecule has 0 saturated heterocycles. The lowest BCUT2D eigenvalue weighted by atomic mass is 9.78. The van der Waals surface area contributed by atoms with Crippen molar-refractivity contribution >= 4 is 34.8 Å². The Hall–Kier alpha value is -1.71. The Morgan fingerprint density at radius 1 is 1.15 bits per heavy atom. The lowest BCUT2D eigenvalue weighted by Gasteiger charge is -2.29. The van der Waals surface area contributed by atoms with Gasteiger partial charge in [0.05, 0.1) is 11.5 Å². The van der Waals surface area contributed by atoms with Crippen LogP contribution in [0, 0.1) is 0 Å². The van der Waals surface area contributed by atoms with Crippen molar-refractivity contribution in [3.8, 4) is 5.75 Å². The van der Waals surface area contributed by atoms with Crippen LogP contribution in [0.2, 0.25) is 10.0 Å². The molecule has 0 aromatic heterocycles. The molecule has 144 valence electrons. The van der Waals surface area contributed by atoms with E-state index in [1.54, 1.807) is 12.1 Å². The molecule has 1 N–H and O–H groups in total. The zero-order chi connectivity index (χ0) is 19.4. The molecule has 0 aliphatic heterocycles. The van der Waals surface area contributed by atoms with Crippen LogP contribution in [0.25, 0.3) is 0 Å². The normalized spacial score (nSPS) is 16.7. The third-order valence-corrected chi connectivity index (χ3v) is 5.91. The molecule has 1 aliphatic carbocycles. The summed E-state index contributed by atoms with van der Waals surface area (Å²) in [5.74, 6) is 0.790. The average Bonchev–Trinajstić information content (AvgIpc) is 3.14. The molecule has 0 unspecified atom stereocenters. The molecule has 2 aromatic carbocycles. The van der Waals surface area contributed by atoms with Crippen molar-refractivity contribution in [2.24, 2.45) is 0 Å². The number of carbonyl (C=O) groups excluding carboxylic acids is 1. The summed E-state index contributed by atoms with van der Waals surface area (Å²) in [4.78, 5) is 13.2. The van der Waals surface area contributed by atoms with Gasteiger partial charge >= 0.3 is 0 Å². The lowest BCUT2D eigenvalue weighted by Crippen LogP contribution is -2.38. The molecule has 0 radical (unpaired) electrons. The van der Waals surface area contributed by atoms with Gasteiger partial charge in [-0.3, -0.25) is 4.79 Å². The molecule has 2 aromatic rings. The van der Waals surface area contributed by atoms with E-state index < -0.39 is 5.41 Å². The second-order valence-corrected chi connectivity index (χ2v) is 8.07. The van der Waals surface area contributed by atoms with Gasteiger partial charge in [-0.2, -0.15) is 0 Å². The van der Waals surface area contributed by atoms with Gasteiger partial charge in [0.1, 0.15) is 5.75 Å². The highest BCUT2D eigenvalue weighted by Gasteiger charge is 2.44. The van der Waals surface area contributed by atoms with Crippen molar-refractivity contribution in [1.29, 1.82) is 0 Å². The first-order chi connectivity index (χ1) is 12.9. The van der Waals surface area contributed by atoms with Gasteiger partial charge in [0.25, 0.3) is 0 Å². The third-order valence-electron chi connectivity index (χ3n) is 5.36. The Kier molecular flexibility index (Phi) is 6.33. The second kappa shape index (κ2) is 8.53. The van der Waals surface area contributed by atoms with E-state index in [4.69, 9.17) is 27.9 Å². The standard InChI is InChI=1S/C22H25Cl2NO2/c1-3-15(2)27-18-9-7-17(8-10-18)25-21(26)22(12-4-5-13-22)19-11-6-16(23)14-20(19)24/h6-11,14-15H,3-5,12-13H2,1-2H3,(H,25,26)/t15-/m1/s1. The molecule has 0 spiro atoms. The minimum atomic E-state index is -0.604. The number of rotatable bonds is 6. The van der Waals surface area contributed by atoms with Crippen molar-refractivity contribution < 1.29 is 9.53 Å². The molecule has 0 heterocycles. The van der Waals surface area contributed by atoms with Crippen LogP contribution in [0.1, 0.15) is 51.5 Å². The van der Waals surface area contributed by atoms with Gasteiger partial charge in [0, 0.05) is 15.7 Å². The minimum absolute atomic E-state index is 0.0141. The maximum atomic E-state index is 13.2. The fraction of sp³-hybridized carbons (Fsp3) is 0.409. The molecule has 1 amide bonds. The quantitative estimate of drug-likeness (QED) is 0.585. The second-order valence-electron chi connectivity index (χ2n) is 7.23. The van der Waals surface area contributed by atoms with Gasteiger partial charge in [-0.05, 0) is 68.1 Å². The van der Waals surface area contributed by atoms with E-state index in [0.717, 1.165) is 49.1 Å². The predicted octanol–water partition coefficient (Wildman–Crippen LogP) is 6.62. The number of halogens is 2. The molecular weight excluding hydrogens is 381 g/mol. The molecule has 1 fully saturated rings. The first kappa shape index (κ1) is 20.0. The number of nitrogens with one attached hydrogen (secondary N) is 1. The van der Waals surface area contributed by atoms with Crippen LogP contribution in [-0.4, -0.2) is 12.0 Å². The van der Waals surface area contributed by atoms with E-state index in [-0.39, 0.29) is 12.0 Å². The summed E-state index contributed by atoms with van der Waals surface area (Å²) in [6.45, 7) is 4.12. The number of hydrogen-bond acceptors (Lipinski definition) is 2. The van der Waals surface area contributed by atoms with Crippen molar-refractivity contribution in [2.75, 3.05) is 5.32 Å². The SMILES string of the molecule is CC[C@@H](C)Oc1ccc(NC(=O)C2(c3ccc(Cl)cc3Cl)CCCC2)cc1. The van der Waals surface area contributed by atoms with Crippen LogP contribution >= 0.6 is 23.2 Å². The van der Waals surface area contributed by atoms with Gasteiger partial charge in [-0.25, -0.2) is 0 Å². The monoisotopic (exact) mass is 405 g/mol. The highest BCUT2D eigenvalue weighted by molar-refractivity contribution is 6.35. The maximum Gasteiger partial charge on any atom is 0.235 e. The average molecular weight is 406 g/mol. The first-order valence-corrected chi connectivity index (χ1v) is 10.2. The van der Waals surface area contributed by atoms with E-state index in [9.17, 15) is 4.79 Å². The zero-order valence-electron chi connectivity index (χ0n) is 15.7. The van der Waals surface area contributed by atoms with E-state index in [2.05, 4.69) is 12.2 Å². The summed E-state index contributed by atoms with van der Waals surface area (Å²) in [5, 5.41) is 4.20. The molecule has 0 bridgehead atoms. The van der Waals surface area contributed by atoms with Crippen LogP contribution in [0.5, 0.6) is 5.75 Å². The fourth-order valence-electron chi connectivity index (χ4n) is 3.66. The summed E-state index contributed by atoms with van der Waals surface area (Å²) in [6, 6.07) is 12.9. The number of anilines is 1. The first-order valence-electron chi connectivity index (χ1n) is 9.48. The van der Waals surface area contributed by atoms with Gasteiger partial charge in [-0.15, -0.1) is 0 Å². The lowest BCUT2D eigenvalue weighted by molar-refractivity contribution is -0.121. The van der Waals surface area contributed by atoms with Crippen molar-refractivity contribution in [2.45, 2.75) is 57.5 Å². The number of benzene rings is 2. The molecule has 3 rings (SSSR count). The highest BCUT2D eigenvalue weighted by atomic mass is 35.5.